The predicted octanol–water partition coefficient (Wildman–Crippen LogP) is 3.24. The lowest BCUT2D eigenvalue weighted by Crippen LogP contribution is -1.93. The summed E-state index contributed by atoms with van der Waals surface area (Å²) in [5, 5.41) is 19.9. The van der Waals surface area contributed by atoms with Crippen molar-refractivity contribution < 1.29 is 19.7 Å². The maximum absolute atomic E-state index is 11.1. The number of halogens is 1. The van der Waals surface area contributed by atoms with Gasteiger partial charge < -0.3 is 14.9 Å². The summed E-state index contributed by atoms with van der Waals surface area (Å²) in [5.74, 6) is -0.928. The van der Waals surface area contributed by atoms with Gasteiger partial charge in [-0.3, -0.25) is 4.79 Å². The van der Waals surface area contributed by atoms with Crippen LogP contribution in [0.2, 0.25) is 5.02 Å². The van der Waals surface area contributed by atoms with Crippen LogP contribution < -0.4 is 4.74 Å². The van der Waals surface area contributed by atoms with Crippen LogP contribution in [0, 0.1) is 0 Å². The molecular weight excluding hydrogens is 268 g/mol. The van der Waals surface area contributed by atoms with Gasteiger partial charge in [0.25, 0.3) is 0 Å². The molecule has 2 rings (SSSR count). The molecule has 0 aliphatic carbocycles. The quantitative estimate of drug-likeness (QED) is 0.668. The summed E-state index contributed by atoms with van der Waals surface area (Å²) in [6, 6.07) is 8.35. The number of hydrogen-bond acceptors (Lipinski definition) is 4. The molecule has 2 aromatic carbocycles. The number of hydrogen-bond donors (Lipinski definition) is 2. The summed E-state index contributed by atoms with van der Waals surface area (Å²) in [5.41, 5.74) is 0.930. The molecule has 0 radical (unpaired) electrons. The van der Waals surface area contributed by atoms with Crippen LogP contribution in [0.3, 0.4) is 0 Å². The lowest BCUT2D eigenvalue weighted by molar-refractivity contribution is 0.112. The summed E-state index contributed by atoms with van der Waals surface area (Å²) in [4.78, 5) is 11.1. The van der Waals surface area contributed by atoms with E-state index in [9.17, 15) is 15.0 Å². The number of methoxy groups -OCH3 is 1. The highest BCUT2D eigenvalue weighted by Crippen LogP contribution is 2.44. The molecular formula is C14H11ClO4. The van der Waals surface area contributed by atoms with Crippen LogP contribution >= 0.6 is 11.6 Å². The first-order chi connectivity index (χ1) is 9.10. The third-order valence-corrected chi connectivity index (χ3v) is 3.11. The maximum atomic E-state index is 11.1. The summed E-state index contributed by atoms with van der Waals surface area (Å²) in [7, 11) is 1.35. The number of phenols is 2. The standard InChI is InChI=1S/C14H11ClO4/c1-19-12-6-9(8-4-2-3-5-11(8)15)10(7-16)13(17)14(12)18/h2-7,17-18H,1H3. The molecule has 0 saturated carbocycles. The molecule has 0 amide bonds. The summed E-state index contributed by atoms with van der Waals surface area (Å²) < 4.78 is 4.96. The third kappa shape index (κ3) is 2.22. The van der Waals surface area contributed by atoms with Crippen molar-refractivity contribution >= 4 is 17.9 Å². The molecule has 19 heavy (non-hydrogen) atoms. The molecule has 0 fully saturated rings. The highest BCUT2D eigenvalue weighted by atomic mass is 35.5. The van der Waals surface area contributed by atoms with E-state index in [0.29, 0.717) is 22.4 Å². The van der Waals surface area contributed by atoms with E-state index < -0.39 is 11.5 Å². The Balaban J connectivity index is 2.79. The Morgan fingerprint density at radius 1 is 1.16 bits per heavy atom. The predicted molar refractivity (Wildman–Crippen MR) is 72.2 cm³/mol. The molecule has 0 heterocycles. The average Bonchev–Trinajstić information content (AvgIpc) is 2.42. The number of rotatable bonds is 3. The van der Waals surface area contributed by atoms with E-state index in [2.05, 4.69) is 0 Å². The Morgan fingerprint density at radius 2 is 1.84 bits per heavy atom. The molecule has 4 nitrogen and oxygen atoms in total. The van der Waals surface area contributed by atoms with Crippen LogP contribution in [0.1, 0.15) is 10.4 Å². The minimum absolute atomic E-state index is 0.0357. The van der Waals surface area contributed by atoms with Crippen LogP contribution in [0.15, 0.2) is 30.3 Å². The average molecular weight is 279 g/mol. The smallest absolute Gasteiger partial charge is 0.201 e. The summed E-state index contributed by atoms with van der Waals surface area (Å²) in [6.45, 7) is 0. The van der Waals surface area contributed by atoms with Crippen LogP contribution in [0.4, 0.5) is 0 Å². The summed E-state index contributed by atoms with van der Waals surface area (Å²) >= 11 is 6.07. The van der Waals surface area contributed by atoms with Crippen molar-refractivity contribution in [3.63, 3.8) is 0 Å². The van der Waals surface area contributed by atoms with Gasteiger partial charge in [-0.2, -0.15) is 0 Å². The molecule has 2 N–H and O–H groups in total. The fourth-order valence-corrected chi connectivity index (χ4v) is 2.06. The van der Waals surface area contributed by atoms with Gasteiger partial charge in [0.2, 0.25) is 5.75 Å². The number of carbonyl (C=O) groups is 1. The van der Waals surface area contributed by atoms with Crippen molar-refractivity contribution in [3.8, 4) is 28.4 Å². The molecule has 98 valence electrons. The van der Waals surface area contributed by atoms with E-state index in [4.69, 9.17) is 16.3 Å². The van der Waals surface area contributed by atoms with E-state index in [1.54, 1.807) is 24.3 Å². The number of aromatic hydroxyl groups is 2. The van der Waals surface area contributed by atoms with Crippen molar-refractivity contribution in [1.29, 1.82) is 0 Å². The number of ether oxygens (including phenoxy) is 1. The van der Waals surface area contributed by atoms with Gasteiger partial charge >= 0.3 is 0 Å². The van der Waals surface area contributed by atoms with Gasteiger partial charge in [-0.1, -0.05) is 29.8 Å². The SMILES string of the molecule is COc1cc(-c2ccccc2Cl)c(C=O)c(O)c1O. The second kappa shape index (κ2) is 5.20. The fourth-order valence-electron chi connectivity index (χ4n) is 1.83. The van der Waals surface area contributed by atoms with Gasteiger partial charge in [-0.25, -0.2) is 0 Å². The Bertz CT molecular complexity index is 638. The number of benzene rings is 2. The first-order valence-corrected chi connectivity index (χ1v) is 5.81. The molecule has 0 atom stereocenters. The first kappa shape index (κ1) is 13.2. The molecule has 0 aliphatic heterocycles. The fraction of sp³-hybridized carbons (Fsp3) is 0.0714. The molecule has 0 aromatic heterocycles. The van der Waals surface area contributed by atoms with Crippen molar-refractivity contribution in [2.75, 3.05) is 7.11 Å². The second-order valence-electron chi connectivity index (χ2n) is 3.83. The van der Waals surface area contributed by atoms with Gasteiger partial charge in [-0.15, -0.1) is 0 Å². The highest BCUT2D eigenvalue weighted by molar-refractivity contribution is 6.33. The van der Waals surface area contributed by atoms with E-state index in [-0.39, 0.29) is 11.3 Å². The van der Waals surface area contributed by atoms with Crippen molar-refractivity contribution in [1.82, 2.24) is 0 Å². The van der Waals surface area contributed by atoms with E-state index in [1.165, 1.54) is 13.2 Å². The van der Waals surface area contributed by atoms with Crippen LogP contribution in [0.25, 0.3) is 11.1 Å². The zero-order chi connectivity index (χ0) is 14.0. The van der Waals surface area contributed by atoms with Crippen molar-refractivity contribution in [2.45, 2.75) is 0 Å². The lowest BCUT2D eigenvalue weighted by atomic mass is 9.98. The molecule has 5 heteroatoms. The molecule has 0 bridgehead atoms. The minimum Gasteiger partial charge on any atom is -0.504 e. The Morgan fingerprint density at radius 3 is 2.42 bits per heavy atom. The van der Waals surface area contributed by atoms with Gasteiger partial charge in [0.15, 0.2) is 17.8 Å². The Labute approximate surface area is 114 Å². The van der Waals surface area contributed by atoms with E-state index in [1.807, 2.05) is 0 Å². The van der Waals surface area contributed by atoms with Gasteiger partial charge in [0.05, 0.1) is 12.7 Å². The first-order valence-electron chi connectivity index (χ1n) is 5.43. The van der Waals surface area contributed by atoms with Gasteiger partial charge in [0, 0.05) is 16.1 Å². The minimum atomic E-state index is -0.524. The maximum Gasteiger partial charge on any atom is 0.201 e. The zero-order valence-corrected chi connectivity index (χ0v) is 10.8. The lowest BCUT2D eigenvalue weighted by Gasteiger charge is -2.13. The molecule has 0 spiro atoms. The second-order valence-corrected chi connectivity index (χ2v) is 4.24. The van der Waals surface area contributed by atoms with E-state index >= 15 is 0 Å². The summed E-state index contributed by atoms with van der Waals surface area (Å²) in [6.07, 6.45) is 0.465. The van der Waals surface area contributed by atoms with E-state index in [0.717, 1.165) is 0 Å². The molecule has 2 aromatic rings. The van der Waals surface area contributed by atoms with Crippen LogP contribution in [-0.4, -0.2) is 23.6 Å². The van der Waals surface area contributed by atoms with Crippen LogP contribution in [0.5, 0.6) is 17.2 Å². The monoisotopic (exact) mass is 278 g/mol. The molecule has 0 aliphatic rings. The van der Waals surface area contributed by atoms with Crippen LogP contribution in [-0.2, 0) is 0 Å². The Kier molecular flexibility index (Phi) is 3.62. The zero-order valence-electron chi connectivity index (χ0n) is 10.1. The highest BCUT2D eigenvalue weighted by Gasteiger charge is 2.19. The van der Waals surface area contributed by atoms with Crippen molar-refractivity contribution in [3.05, 3.63) is 40.9 Å². The number of phenolic OH excluding ortho intramolecular Hbond substituents is 2. The topological polar surface area (TPSA) is 66.8 Å². The normalized spacial score (nSPS) is 10.2. The van der Waals surface area contributed by atoms with Gasteiger partial charge in [0.1, 0.15) is 0 Å². The Hall–Kier alpha value is -2.20. The van der Waals surface area contributed by atoms with Crippen molar-refractivity contribution in [2.24, 2.45) is 0 Å². The molecule has 0 saturated heterocycles. The molecule has 0 unspecified atom stereocenters. The largest absolute Gasteiger partial charge is 0.504 e. The number of aldehydes is 1. The number of carbonyl (C=O) groups excluding carboxylic acids is 1. The van der Waals surface area contributed by atoms with Gasteiger partial charge in [-0.05, 0) is 12.1 Å². The third-order valence-electron chi connectivity index (χ3n) is 2.78.